The summed E-state index contributed by atoms with van der Waals surface area (Å²) < 4.78 is 86.7. The number of benzene rings is 3. The molecule has 2 saturated carbocycles. The Morgan fingerprint density at radius 2 is 0.952 bits per heavy atom. The number of fused-ring (bicyclic) bond motifs is 4. The molecule has 4 fully saturated rings. The third-order valence-electron chi connectivity index (χ3n) is 15.1. The Balaban J connectivity index is 0.000000145. The van der Waals surface area contributed by atoms with Crippen molar-refractivity contribution in [2.24, 2.45) is 35.5 Å². The number of aryl methyl sites for hydroxylation is 4. The summed E-state index contributed by atoms with van der Waals surface area (Å²) in [5.41, 5.74) is 1.95. The number of nitrogens with zero attached hydrogens (tertiary/aromatic N) is 15. The van der Waals surface area contributed by atoms with Crippen LogP contribution in [0.25, 0.3) is 6.20 Å². The van der Waals surface area contributed by atoms with Crippen molar-refractivity contribution in [3.05, 3.63) is 146 Å². The Bertz CT molecular complexity index is 3540. The standard InChI is InChI=1S/C23H25ClF2N6O.C23H24ClFN6O.C10H7BrClF2N3O/c1-14-8-22(28-13-27-14)31-11-15-2-3-16(12-31)18(15)10-21-29-23(32(30-21)7-6-25)33-17-4-5-20(26)19(24)9-17;1-3-31-23(32-17-6-7-20(25)19(24)9-17)28-21(29-31)10-18-15-4-5-16(18)12-30(11-15)22-8-14(2)26-13-27-22;11-9-15-10(17(16-9)4-3-13)18-6-1-2-8(14)7(12)5-6/h4-5,8-9,13,15-16,18H,2-3,6-7,10-12H2,1H3;3,6-9,13,15-16,18H,1,4-5,10-12H2,2H3;1-2,5H,3-4H2. The van der Waals surface area contributed by atoms with E-state index in [1.807, 2.05) is 19.9 Å². The predicted molar refractivity (Wildman–Crippen MR) is 305 cm³/mol. The van der Waals surface area contributed by atoms with E-state index >= 15 is 0 Å². The van der Waals surface area contributed by atoms with Gasteiger partial charge >= 0.3 is 18.0 Å². The fourth-order valence-electron chi connectivity index (χ4n) is 11.3. The Morgan fingerprint density at radius 1 is 0.554 bits per heavy atom. The van der Waals surface area contributed by atoms with E-state index in [4.69, 9.17) is 49.0 Å². The van der Waals surface area contributed by atoms with Crippen molar-refractivity contribution >= 4 is 68.6 Å². The molecule has 83 heavy (non-hydrogen) atoms. The molecule has 12 rings (SSSR count). The molecule has 4 atom stereocenters. The van der Waals surface area contributed by atoms with Crippen LogP contribution in [0.3, 0.4) is 0 Å². The Morgan fingerprint density at radius 3 is 1.36 bits per heavy atom. The molecule has 7 heterocycles. The number of aromatic nitrogens is 13. The first-order chi connectivity index (χ1) is 40.1. The average Bonchev–Trinajstić information content (AvgIpc) is 4.04. The molecule has 8 aromatic rings. The largest absolute Gasteiger partial charge is 0.424 e. The molecule has 0 spiro atoms. The summed E-state index contributed by atoms with van der Waals surface area (Å²) in [6, 6.07) is 16.8. The second kappa shape index (κ2) is 26.7. The zero-order valence-electron chi connectivity index (χ0n) is 45.0. The molecule has 2 aliphatic carbocycles. The van der Waals surface area contributed by atoms with E-state index < -0.39 is 30.8 Å². The van der Waals surface area contributed by atoms with E-state index in [9.17, 15) is 22.0 Å². The number of hydrogen-bond acceptors (Lipinski definition) is 15. The van der Waals surface area contributed by atoms with Crippen LogP contribution >= 0.6 is 50.7 Å². The summed E-state index contributed by atoms with van der Waals surface area (Å²) in [6.45, 7) is 10.5. The summed E-state index contributed by atoms with van der Waals surface area (Å²) >= 11 is 20.4. The molecule has 27 heteroatoms. The summed E-state index contributed by atoms with van der Waals surface area (Å²) in [7, 11) is 0. The number of halogens is 9. The average molecular weight is 1270 g/mol. The molecular weight excluding hydrogens is 1210 g/mol. The molecule has 436 valence electrons. The smallest absolute Gasteiger partial charge is 0.324 e. The highest BCUT2D eigenvalue weighted by atomic mass is 79.9. The van der Waals surface area contributed by atoms with Crippen molar-refractivity contribution in [1.29, 1.82) is 0 Å². The van der Waals surface area contributed by atoms with Crippen LogP contribution in [0.1, 0.15) is 48.7 Å². The highest BCUT2D eigenvalue weighted by Gasteiger charge is 2.44. The van der Waals surface area contributed by atoms with Gasteiger partial charge in [-0.25, -0.2) is 51.3 Å². The summed E-state index contributed by atoms with van der Waals surface area (Å²) in [6.07, 6.45) is 11.0. The fraction of sp³-hybridized carbons (Fsp3) is 0.393. The lowest BCUT2D eigenvalue weighted by atomic mass is 9.82. The molecular formula is C56H56BrCl3F5N15O3. The van der Waals surface area contributed by atoms with Crippen molar-refractivity contribution in [1.82, 2.24) is 64.2 Å². The minimum atomic E-state index is -0.601. The Hall–Kier alpha value is -7.02. The molecule has 18 nitrogen and oxygen atoms in total. The Kier molecular flexibility index (Phi) is 19.0. The maximum absolute atomic E-state index is 13.5. The van der Waals surface area contributed by atoms with E-state index in [-0.39, 0.29) is 44.9 Å². The van der Waals surface area contributed by atoms with E-state index in [0.717, 1.165) is 61.4 Å². The van der Waals surface area contributed by atoms with Crippen LogP contribution in [-0.4, -0.2) is 104 Å². The van der Waals surface area contributed by atoms with Gasteiger partial charge in [-0.3, -0.25) is 0 Å². The molecule has 0 radical (unpaired) electrons. The number of piperidine rings is 2. The van der Waals surface area contributed by atoms with Crippen LogP contribution in [0.2, 0.25) is 15.1 Å². The maximum Gasteiger partial charge on any atom is 0.324 e. The molecule has 2 aliphatic heterocycles. The molecule has 3 aromatic carbocycles. The first-order valence-corrected chi connectivity index (χ1v) is 28.7. The van der Waals surface area contributed by atoms with Gasteiger partial charge in [0.15, 0.2) is 11.6 Å². The summed E-state index contributed by atoms with van der Waals surface area (Å²) in [5.74, 6) is 5.95. The lowest BCUT2D eigenvalue weighted by Crippen LogP contribution is -2.43. The zero-order valence-corrected chi connectivity index (χ0v) is 48.8. The van der Waals surface area contributed by atoms with Crippen molar-refractivity contribution in [2.75, 3.05) is 49.3 Å². The quantitative estimate of drug-likeness (QED) is 0.0786. The van der Waals surface area contributed by atoms with E-state index in [0.29, 0.717) is 71.0 Å². The van der Waals surface area contributed by atoms with Crippen LogP contribution < -0.4 is 24.0 Å². The monoisotopic (exact) mass is 1270 g/mol. The van der Waals surface area contributed by atoms with Gasteiger partial charge in [-0.2, -0.15) is 24.7 Å². The normalized spacial score (nSPS) is 19.7. The van der Waals surface area contributed by atoms with E-state index in [1.165, 1.54) is 94.3 Å². The number of alkyl halides is 2. The van der Waals surface area contributed by atoms with Crippen molar-refractivity contribution < 1.29 is 36.2 Å². The summed E-state index contributed by atoms with van der Waals surface area (Å²) in [5, 5.41) is 12.8. The SMILES string of the molecule is C=Cn1nc(CC2C3CCC2CN(c2cc(C)ncn2)C3)nc1Oc1ccc(F)c(Cl)c1.Cc1cc(N2CC3CCC(C2)C3Cc2nc(Oc3ccc(F)c(Cl)c3)n(CCF)n2)ncn1.FCCn1nc(Br)nc1Oc1ccc(F)c(Cl)c1. The lowest BCUT2D eigenvalue weighted by molar-refractivity contribution is 0.264. The van der Waals surface area contributed by atoms with Gasteiger partial charge in [-0.05, 0) is 127 Å². The van der Waals surface area contributed by atoms with Crippen LogP contribution in [0, 0.1) is 66.8 Å². The number of anilines is 2. The van der Waals surface area contributed by atoms with Gasteiger partial charge in [0.25, 0.3) is 0 Å². The molecule has 0 N–H and O–H groups in total. The second-order valence-corrected chi connectivity index (χ2v) is 22.5. The third-order valence-corrected chi connectivity index (χ3v) is 16.3. The van der Waals surface area contributed by atoms with Gasteiger partial charge < -0.3 is 24.0 Å². The molecule has 4 bridgehead atoms. The van der Waals surface area contributed by atoms with E-state index in [1.54, 1.807) is 18.9 Å². The summed E-state index contributed by atoms with van der Waals surface area (Å²) in [4.78, 5) is 35.2. The molecule has 4 aliphatic rings. The number of hydrogen-bond donors (Lipinski definition) is 0. The first kappa shape index (κ1) is 59.2. The molecule has 0 amide bonds. The lowest BCUT2D eigenvalue weighted by Gasteiger charge is -2.38. The maximum atomic E-state index is 13.5. The highest BCUT2D eigenvalue weighted by molar-refractivity contribution is 9.10. The number of rotatable bonds is 17. The second-order valence-electron chi connectivity index (χ2n) is 20.5. The minimum Gasteiger partial charge on any atom is -0.424 e. The molecule has 5 aromatic heterocycles. The van der Waals surface area contributed by atoms with Crippen LogP contribution in [0.4, 0.5) is 33.6 Å². The highest BCUT2D eigenvalue weighted by Crippen LogP contribution is 2.46. The van der Waals surface area contributed by atoms with Crippen LogP contribution in [0.5, 0.6) is 35.3 Å². The molecule has 4 unspecified atom stereocenters. The van der Waals surface area contributed by atoms with Gasteiger partial charge in [0.05, 0.1) is 28.2 Å². The fourth-order valence-corrected chi connectivity index (χ4v) is 12.1. The van der Waals surface area contributed by atoms with Crippen molar-refractivity contribution in [3.8, 4) is 35.3 Å². The van der Waals surface area contributed by atoms with Crippen LogP contribution in [0.15, 0.2) is 90.7 Å². The number of ether oxygens (including phenoxy) is 3. The minimum absolute atomic E-state index is 0.00499. The van der Waals surface area contributed by atoms with Gasteiger partial charge in [0.1, 0.15) is 72.3 Å². The van der Waals surface area contributed by atoms with Crippen molar-refractivity contribution in [3.63, 3.8) is 0 Å². The van der Waals surface area contributed by atoms with Crippen LogP contribution in [-0.2, 0) is 25.9 Å². The van der Waals surface area contributed by atoms with Crippen molar-refractivity contribution in [2.45, 2.75) is 65.5 Å². The van der Waals surface area contributed by atoms with E-state index in [2.05, 4.69) is 88.6 Å². The molecule has 2 saturated heterocycles. The van der Waals surface area contributed by atoms with Gasteiger partial charge in [-0.15, -0.1) is 10.2 Å². The topological polar surface area (TPSA) is 178 Å². The van der Waals surface area contributed by atoms with Gasteiger partial charge in [0, 0.05) is 86.9 Å². The van der Waals surface area contributed by atoms with Gasteiger partial charge in [-0.1, -0.05) is 41.4 Å². The zero-order chi connectivity index (χ0) is 58.3. The third kappa shape index (κ3) is 14.5. The predicted octanol–water partition coefficient (Wildman–Crippen LogP) is 13.0. The Labute approximate surface area is 498 Å². The first-order valence-electron chi connectivity index (χ1n) is 26.8. The van der Waals surface area contributed by atoms with Gasteiger partial charge in [0.2, 0.25) is 4.73 Å².